The smallest absolute Gasteiger partial charge is 0.255 e. The first-order valence-electron chi connectivity index (χ1n) is 16.0. The molecule has 0 heterocycles. The highest BCUT2D eigenvalue weighted by Crippen LogP contribution is 2.45. The van der Waals surface area contributed by atoms with Crippen molar-refractivity contribution in [2.24, 2.45) is 30.7 Å². The molecule has 0 aliphatic carbocycles. The van der Waals surface area contributed by atoms with Crippen LogP contribution in [0.3, 0.4) is 0 Å². The largest absolute Gasteiger partial charge is 0.508 e. The molecular weight excluding hydrogens is 751 g/mol. The van der Waals surface area contributed by atoms with Crippen molar-refractivity contribution in [1.29, 1.82) is 0 Å². The zero-order valence-electron chi connectivity index (χ0n) is 28.7. The van der Waals surface area contributed by atoms with Crippen LogP contribution in [0.2, 0.25) is 0 Å². The summed E-state index contributed by atoms with van der Waals surface area (Å²) in [6.45, 7) is 3.67. The number of nitrogens with one attached hydrogen (secondary N) is 1. The Kier molecular flexibility index (Phi) is 12.9. The van der Waals surface area contributed by atoms with E-state index in [1.54, 1.807) is 97.1 Å². The second kappa shape index (κ2) is 18.3. The number of fused-ring (bicyclic) bond motifs is 1. The summed E-state index contributed by atoms with van der Waals surface area (Å²) in [7, 11) is 0. The van der Waals surface area contributed by atoms with Gasteiger partial charge in [-0.25, -0.2) is 10.5 Å². The highest BCUT2D eigenvalue weighted by molar-refractivity contribution is 7.94. The lowest BCUT2D eigenvalue weighted by molar-refractivity contribution is -0.432. The zero-order chi connectivity index (χ0) is 38.7. The van der Waals surface area contributed by atoms with Crippen LogP contribution in [0.15, 0.2) is 150 Å². The number of amides is 1. The molecule has 0 aromatic heterocycles. The van der Waals surface area contributed by atoms with E-state index in [9.17, 15) is 15.0 Å². The summed E-state index contributed by atoms with van der Waals surface area (Å²) in [5, 5.41) is 74.9. The highest BCUT2D eigenvalue weighted by atomic mass is 32.2. The van der Waals surface area contributed by atoms with Gasteiger partial charge in [0, 0.05) is 21.5 Å². The molecule has 0 spiro atoms. The summed E-state index contributed by atoms with van der Waals surface area (Å²) in [4.78, 5) is 13.7. The van der Waals surface area contributed by atoms with Crippen molar-refractivity contribution in [1.82, 2.24) is 0 Å². The third kappa shape index (κ3) is 10.1. The number of aromatic hydroxyl groups is 2. The van der Waals surface area contributed by atoms with Gasteiger partial charge in [-0.05, 0) is 140 Å². The third-order valence-electron chi connectivity index (χ3n) is 7.77. The molecule has 0 saturated carbocycles. The van der Waals surface area contributed by atoms with Crippen molar-refractivity contribution in [3.63, 3.8) is 0 Å². The average Bonchev–Trinajstić information content (AvgIpc) is 3.19. The minimum absolute atomic E-state index is 0.0721. The van der Waals surface area contributed by atoms with Gasteiger partial charge < -0.3 is 15.5 Å². The van der Waals surface area contributed by atoms with E-state index in [1.807, 2.05) is 13.8 Å². The Bertz CT molecular complexity index is 2400. The molecule has 1 amide bonds. The number of nitrogens with zero attached hydrogens (tertiary/aromatic N) is 6. The molecule has 0 radical (unpaired) electrons. The first-order chi connectivity index (χ1) is 26.7. The molecule has 0 aliphatic heterocycles. The Morgan fingerprint density at radius 1 is 0.618 bits per heavy atom. The predicted molar refractivity (Wildman–Crippen MR) is 204 cm³/mol. The number of benzene rings is 6. The van der Waals surface area contributed by atoms with Gasteiger partial charge in [0.1, 0.15) is 11.4 Å². The summed E-state index contributed by atoms with van der Waals surface area (Å²) in [6, 6.07) is 29.9. The molecular formula is C37H29N7O9S2. The molecule has 278 valence electrons. The van der Waals surface area contributed by atoms with Crippen molar-refractivity contribution in [3.8, 4) is 11.5 Å². The molecule has 0 unspecified atom stereocenters. The lowest BCUT2D eigenvalue weighted by Gasteiger charge is -2.10. The first kappa shape index (κ1) is 38.6. The van der Waals surface area contributed by atoms with Gasteiger partial charge in [-0.15, -0.1) is 13.8 Å². The number of rotatable bonds is 14. The van der Waals surface area contributed by atoms with Gasteiger partial charge in [0.2, 0.25) is 0 Å². The quantitative estimate of drug-likeness (QED) is 0.0303. The lowest BCUT2D eigenvalue weighted by Crippen LogP contribution is -2.11. The standard InChI is InChI=1S/C37H29N7O9S2/c1-21-18-33(22(2)17-32(21)42-40-26-5-3-23(4-6-26)37(47)38-25-9-14-30(15-10-25)54-52-50-48)43-44-35-34(55-53-51-49)20-24-19-28(11-16-31(24)36(35)46)41-39-27-7-12-29(45)13-8-27/h3-20,45-46,48-49H,1-2H3,(H,38,47). The molecule has 0 bridgehead atoms. The van der Waals surface area contributed by atoms with Crippen LogP contribution in [-0.2, 0) is 18.7 Å². The first-order valence-corrected chi connectivity index (χ1v) is 17.5. The summed E-state index contributed by atoms with van der Waals surface area (Å²) in [5.41, 5.74) is 5.20. The fraction of sp³-hybridized carbons (Fsp3) is 0.0541. The lowest BCUT2D eigenvalue weighted by atomic mass is 10.1. The van der Waals surface area contributed by atoms with Crippen molar-refractivity contribution in [3.05, 3.63) is 126 Å². The second-order valence-corrected chi connectivity index (χ2v) is 13.0. The van der Waals surface area contributed by atoms with E-state index in [2.05, 4.69) is 54.7 Å². The van der Waals surface area contributed by atoms with Crippen LogP contribution in [0, 0.1) is 13.8 Å². The minimum Gasteiger partial charge on any atom is -0.508 e. The van der Waals surface area contributed by atoms with Crippen LogP contribution in [0.4, 0.5) is 39.8 Å². The van der Waals surface area contributed by atoms with Gasteiger partial charge in [0.05, 0.1) is 57.4 Å². The molecule has 0 aliphatic rings. The Morgan fingerprint density at radius 2 is 1.18 bits per heavy atom. The van der Waals surface area contributed by atoms with E-state index in [0.717, 1.165) is 23.2 Å². The number of anilines is 1. The minimum atomic E-state index is -0.313. The van der Waals surface area contributed by atoms with Crippen LogP contribution in [-0.4, -0.2) is 26.6 Å². The predicted octanol–water partition coefficient (Wildman–Crippen LogP) is 12.2. The number of carbonyl (C=O) groups is 1. The molecule has 0 atom stereocenters. The van der Waals surface area contributed by atoms with Crippen molar-refractivity contribution in [2.75, 3.05) is 5.32 Å². The van der Waals surface area contributed by atoms with Crippen LogP contribution in [0.5, 0.6) is 11.5 Å². The molecule has 16 nitrogen and oxygen atoms in total. The third-order valence-corrected chi connectivity index (χ3v) is 8.98. The Morgan fingerprint density at radius 3 is 1.84 bits per heavy atom. The number of hydrogen-bond donors (Lipinski definition) is 5. The molecule has 0 saturated heterocycles. The van der Waals surface area contributed by atoms with Gasteiger partial charge in [0.25, 0.3) is 5.91 Å². The maximum Gasteiger partial charge on any atom is 0.255 e. The number of carbonyl (C=O) groups excluding carboxylic acids is 1. The highest BCUT2D eigenvalue weighted by Gasteiger charge is 2.16. The monoisotopic (exact) mass is 779 g/mol. The van der Waals surface area contributed by atoms with E-state index >= 15 is 0 Å². The Hall–Kier alpha value is -6.09. The van der Waals surface area contributed by atoms with Crippen molar-refractivity contribution in [2.45, 2.75) is 23.6 Å². The number of hydrogen-bond acceptors (Lipinski definition) is 17. The van der Waals surface area contributed by atoms with Crippen LogP contribution in [0.25, 0.3) is 10.8 Å². The van der Waals surface area contributed by atoms with Gasteiger partial charge >= 0.3 is 0 Å². The van der Waals surface area contributed by atoms with E-state index < -0.39 is 0 Å². The molecule has 6 rings (SSSR count). The molecule has 6 aromatic rings. The molecule has 5 N–H and O–H groups in total. The summed E-state index contributed by atoms with van der Waals surface area (Å²) in [6.07, 6.45) is 0. The SMILES string of the molecule is Cc1cc(N=Nc2c(SOOO)cc3cc(N=Nc4ccc(O)cc4)ccc3c2O)c(C)cc1N=Nc1ccc(C(=O)Nc2ccc(SOOO)cc2)cc1. The van der Waals surface area contributed by atoms with E-state index in [-0.39, 0.29) is 28.0 Å². The maximum absolute atomic E-state index is 12.7. The van der Waals surface area contributed by atoms with Gasteiger partial charge in [-0.2, -0.15) is 25.6 Å². The Balaban J connectivity index is 1.16. The Labute approximate surface area is 321 Å². The van der Waals surface area contributed by atoms with E-state index in [4.69, 9.17) is 10.5 Å². The van der Waals surface area contributed by atoms with Crippen molar-refractivity contribution >= 4 is 80.6 Å². The fourth-order valence-corrected chi connectivity index (χ4v) is 5.85. The zero-order valence-corrected chi connectivity index (χ0v) is 30.4. The number of phenolic OH excluding ortho intramolecular Hbond substituents is 2. The van der Waals surface area contributed by atoms with Gasteiger partial charge in [-0.3, -0.25) is 4.79 Å². The summed E-state index contributed by atoms with van der Waals surface area (Å²) >= 11 is 1.43. The summed E-state index contributed by atoms with van der Waals surface area (Å²) < 4.78 is 9.07. The van der Waals surface area contributed by atoms with Crippen LogP contribution in [0.1, 0.15) is 21.5 Å². The number of phenols is 2. The van der Waals surface area contributed by atoms with Crippen molar-refractivity contribution < 1.29 is 44.3 Å². The number of aryl methyl sites for hydroxylation is 2. The van der Waals surface area contributed by atoms with E-state index in [0.29, 0.717) is 67.4 Å². The average molecular weight is 780 g/mol. The maximum atomic E-state index is 12.7. The van der Waals surface area contributed by atoms with Gasteiger partial charge in [0.15, 0.2) is 5.75 Å². The van der Waals surface area contributed by atoms with Crippen LogP contribution >= 0.6 is 24.1 Å². The molecule has 6 aromatic carbocycles. The van der Waals surface area contributed by atoms with Gasteiger partial charge in [-0.1, -0.05) is 10.1 Å². The fourth-order valence-electron chi connectivity index (χ4n) is 5.00. The summed E-state index contributed by atoms with van der Waals surface area (Å²) in [5.74, 6) is -0.386. The topological polar surface area (TPSA) is 221 Å². The molecule has 55 heavy (non-hydrogen) atoms. The second-order valence-electron chi connectivity index (χ2n) is 11.5. The molecule has 0 fully saturated rings. The van der Waals surface area contributed by atoms with E-state index in [1.165, 1.54) is 12.1 Å². The molecule has 18 heteroatoms. The number of azo groups is 3. The van der Waals surface area contributed by atoms with Crippen LogP contribution < -0.4 is 5.32 Å². The normalized spacial score (nSPS) is 11.7.